The van der Waals surface area contributed by atoms with Crippen LogP contribution in [0.15, 0.2) is 77.7 Å². The molecule has 6 heteroatoms. The Morgan fingerprint density at radius 2 is 1.31 bits per heavy atom. The zero-order valence-electron chi connectivity index (χ0n) is 14.1. The van der Waals surface area contributed by atoms with Gasteiger partial charge in [-0.2, -0.15) is 0 Å². The monoisotopic (exact) mass is 363 g/mol. The fraction of sp³-hybridized carbons (Fsp3) is 0.0500. The summed E-state index contributed by atoms with van der Waals surface area (Å²) in [6.07, 6.45) is 0. The predicted octanol–water partition coefficient (Wildman–Crippen LogP) is 4.04. The van der Waals surface area contributed by atoms with E-state index in [1.54, 1.807) is 24.3 Å². The van der Waals surface area contributed by atoms with Gasteiger partial charge in [0, 0.05) is 16.5 Å². The molecule has 1 aromatic heterocycles. The van der Waals surface area contributed by atoms with Crippen LogP contribution in [0.2, 0.25) is 0 Å². The number of aromatic nitrogens is 1. The maximum Gasteiger partial charge on any atom is 0.240 e. The highest BCUT2D eigenvalue weighted by molar-refractivity contribution is 7.89. The summed E-state index contributed by atoms with van der Waals surface area (Å²) in [6, 6.07) is 22.6. The number of benzene rings is 3. The normalized spacial score (nSPS) is 11.7. The summed E-state index contributed by atoms with van der Waals surface area (Å²) in [5.41, 5.74) is 3.57. The third-order valence-corrected chi connectivity index (χ3v) is 5.72. The lowest BCUT2D eigenvalue weighted by Crippen LogP contribution is -2.18. The van der Waals surface area contributed by atoms with Gasteiger partial charge in [0.2, 0.25) is 10.0 Å². The van der Waals surface area contributed by atoms with Crippen molar-refractivity contribution in [3.63, 3.8) is 0 Å². The smallest absolute Gasteiger partial charge is 0.240 e. The molecule has 1 heterocycles. The number of hydrogen-bond acceptors (Lipinski definition) is 4. The van der Waals surface area contributed by atoms with E-state index < -0.39 is 10.0 Å². The number of sulfonamides is 1. The lowest BCUT2D eigenvalue weighted by molar-refractivity contribution is 0.588. The van der Waals surface area contributed by atoms with Crippen LogP contribution in [0.4, 0.5) is 11.4 Å². The van der Waals surface area contributed by atoms with E-state index in [9.17, 15) is 8.42 Å². The Labute approximate surface area is 151 Å². The Hall–Kier alpha value is -2.96. The molecule has 0 radical (unpaired) electrons. The first-order valence-corrected chi connectivity index (χ1v) is 9.65. The van der Waals surface area contributed by atoms with E-state index in [-0.39, 0.29) is 4.90 Å². The standard InChI is InChI=1S/C20H17N3O2S/c1-21-26(24,25)15-12-10-14(11-13-15)22-20-16-6-2-4-8-18(16)23-19-9-5-3-7-17(19)20/h2-13,21H,1H3,(H,22,23). The minimum atomic E-state index is -3.44. The molecule has 4 aromatic rings. The SMILES string of the molecule is CNS(=O)(=O)c1ccc(Nc2c3ccccc3nc3ccccc23)cc1. The Morgan fingerprint density at radius 3 is 1.85 bits per heavy atom. The number of fused-ring (bicyclic) bond motifs is 2. The van der Waals surface area contributed by atoms with Crippen molar-refractivity contribution >= 4 is 43.2 Å². The third-order valence-electron chi connectivity index (χ3n) is 4.29. The van der Waals surface area contributed by atoms with Crippen LogP contribution in [-0.4, -0.2) is 20.4 Å². The van der Waals surface area contributed by atoms with Gasteiger partial charge in [-0.15, -0.1) is 0 Å². The van der Waals surface area contributed by atoms with Crippen LogP contribution in [0.25, 0.3) is 21.8 Å². The average molecular weight is 363 g/mol. The van der Waals surface area contributed by atoms with Gasteiger partial charge in [-0.3, -0.25) is 0 Å². The van der Waals surface area contributed by atoms with E-state index in [1.165, 1.54) is 7.05 Å². The summed E-state index contributed by atoms with van der Waals surface area (Å²) in [4.78, 5) is 4.94. The molecule has 3 aromatic carbocycles. The Kier molecular flexibility index (Phi) is 4.06. The van der Waals surface area contributed by atoms with E-state index in [0.717, 1.165) is 33.2 Å². The van der Waals surface area contributed by atoms with Crippen LogP contribution in [0.5, 0.6) is 0 Å². The maximum absolute atomic E-state index is 11.9. The van der Waals surface area contributed by atoms with Crippen molar-refractivity contribution in [3.05, 3.63) is 72.8 Å². The van der Waals surface area contributed by atoms with Crippen molar-refractivity contribution in [2.45, 2.75) is 4.90 Å². The molecule has 0 amide bonds. The average Bonchev–Trinajstić information content (AvgIpc) is 2.68. The first-order chi connectivity index (χ1) is 12.6. The minimum absolute atomic E-state index is 0.231. The number of anilines is 2. The zero-order chi connectivity index (χ0) is 18.1. The number of nitrogens with zero attached hydrogens (tertiary/aromatic N) is 1. The van der Waals surface area contributed by atoms with E-state index >= 15 is 0 Å². The molecular formula is C20H17N3O2S. The second-order valence-corrected chi connectivity index (χ2v) is 7.76. The highest BCUT2D eigenvalue weighted by atomic mass is 32.2. The first-order valence-electron chi connectivity index (χ1n) is 8.16. The summed E-state index contributed by atoms with van der Waals surface area (Å²) in [5, 5.41) is 5.46. The van der Waals surface area contributed by atoms with Crippen LogP contribution in [0.1, 0.15) is 0 Å². The van der Waals surface area contributed by atoms with Crippen molar-refractivity contribution in [3.8, 4) is 0 Å². The minimum Gasteiger partial charge on any atom is -0.354 e. The van der Waals surface area contributed by atoms with Crippen LogP contribution in [0.3, 0.4) is 0 Å². The maximum atomic E-state index is 11.9. The van der Waals surface area contributed by atoms with Gasteiger partial charge in [0.15, 0.2) is 0 Å². The van der Waals surface area contributed by atoms with Gasteiger partial charge < -0.3 is 5.32 Å². The summed E-state index contributed by atoms with van der Waals surface area (Å²) < 4.78 is 26.1. The quantitative estimate of drug-likeness (QED) is 0.537. The van der Waals surface area contributed by atoms with Crippen molar-refractivity contribution in [2.75, 3.05) is 12.4 Å². The molecule has 130 valence electrons. The second-order valence-electron chi connectivity index (χ2n) is 5.88. The first kappa shape index (κ1) is 16.5. The summed E-state index contributed by atoms with van der Waals surface area (Å²) in [7, 11) is -2.05. The van der Waals surface area contributed by atoms with Crippen molar-refractivity contribution in [1.29, 1.82) is 0 Å². The molecule has 2 N–H and O–H groups in total. The number of para-hydroxylation sites is 2. The number of nitrogens with one attached hydrogen (secondary N) is 2. The van der Waals surface area contributed by atoms with Crippen molar-refractivity contribution in [2.24, 2.45) is 0 Å². The highest BCUT2D eigenvalue weighted by Crippen LogP contribution is 2.33. The molecule has 0 saturated carbocycles. The number of rotatable bonds is 4. The predicted molar refractivity (Wildman–Crippen MR) is 105 cm³/mol. The molecule has 0 fully saturated rings. The molecule has 0 aliphatic carbocycles. The molecule has 0 aliphatic heterocycles. The zero-order valence-corrected chi connectivity index (χ0v) is 14.9. The lowest BCUT2D eigenvalue weighted by atomic mass is 10.1. The number of pyridine rings is 1. The van der Waals surface area contributed by atoms with Gasteiger partial charge >= 0.3 is 0 Å². The van der Waals surface area contributed by atoms with Gasteiger partial charge in [0.05, 0.1) is 21.6 Å². The largest absolute Gasteiger partial charge is 0.354 e. The summed E-state index contributed by atoms with van der Waals surface area (Å²) in [5.74, 6) is 0. The van der Waals surface area contributed by atoms with Gasteiger partial charge in [0.25, 0.3) is 0 Å². The molecule has 5 nitrogen and oxygen atoms in total. The molecule has 0 atom stereocenters. The Morgan fingerprint density at radius 1 is 0.769 bits per heavy atom. The second kappa shape index (κ2) is 6.40. The van der Waals surface area contributed by atoms with E-state index in [2.05, 4.69) is 10.0 Å². The van der Waals surface area contributed by atoms with E-state index in [0.29, 0.717) is 0 Å². The number of hydrogen-bond donors (Lipinski definition) is 2. The van der Waals surface area contributed by atoms with Crippen LogP contribution in [0, 0.1) is 0 Å². The molecule has 0 bridgehead atoms. The topological polar surface area (TPSA) is 71.1 Å². The highest BCUT2D eigenvalue weighted by Gasteiger charge is 2.12. The fourth-order valence-corrected chi connectivity index (χ4v) is 3.68. The van der Waals surface area contributed by atoms with Crippen molar-refractivity contribution in [1.82, 2.24) is 9.71 Å². The van der Waals surface area contributed by atoms with Gasteiger partial charge in [-0.05, 0) is 43.4 Å². The molecule has 0 aliphatic rings. The van der Waals surface area contributed by atoms with E-state index in [1.807, 2.05) is 48.5 Å². The molecule has 4 rings (SSSR count). The summed E-state index contributed by atoms with van der Waals surface area (Å²) >= 11 is 0. The molecule has 26 heavy (non-hydrogen) atoms. The Balaban J connectivity index is 1.83. The van der Waals surface area contributed by atoms with Crippen LogP contribution < -0.4 is 10.0 Å². The van der Waals surface area contributed by atoms with E-state index in [4.69, 9.17) is 4.98 Å². The van der Waals surface area contributed by atoms with Gasteiger partial charge in [0.1, 0.15) is 0 Å². The third kappa shape index (κ3) is 2.89. The molecular weight excluding hydrogens is 346 g/mol. The lowest BCUT2D eigenvalue weighted by Gasteiger charge is -2.13. The fourth-order valence-electron chi connectivity index (χ4n) is 2.95. The molecule has 0 spiro atoms. The van der Waals surface area contributed by atoms with Crippen molar-refractivity contribution < 1.29 is 8.42 Å². The Bertz CT molecular complexity index is 1150. The van der Waals surface area contributed by atoms with Gasteiger partial charge in [-0.1, -0.05) is 36.4 Å². The van der Waals surface area contributed by atoms with Crippen LogP contribution in [-0.2, 0) is 10.0 Å². The summed E-state index contributed by atoms with van der Waals surface area (Å²) in [6.45, 7) is 0. The molecule has 0 saturated heterocycles. The van der Waals surface area contributed by atoms with Gasteiger partial charge in [-0.25, -0.2) is 18.1 Å². The molecule has 0 unspecified atom stereocenters. The van der Waals surface area contributed by atoms with Crippen LogP contribution >= 0.6 is 0 Å².